The van der Waals surface area contributed by atoms with Gasteiger partial charge in [-0.3, -0.25) is 24.7 Å². The number of nitrogens with one attached hydrogen (secondary N) is 3. The Morgan fingerprint density at radius 2 is 1.79 bits per heavy atom. The fourth-order valence-electron chi connectivity index (χ4n) is 3.03. The summed E-state index contributed by atoms with van der Waals surface area (Å²) in [5.41, 5.74) is 0.00350. The summed E-state index contributed by atoms with van der Waals surface area (Å²) in [5, 5.41) is 7.73. The molecular formula is C20H30FN5O3. The molecule has 0 bridgehead atoms. The van der Waals surface area contributed by atoms with Crippen LogP contribution in [-0.2, 0) is 9.59 Å². The standard InChI is InChI=1S/C20H30FN5O3/c1-14(18(28)22-16-7-5-6-15(21)12-16)26-10-8-25(9-11-26)13-17(27)23-19(29)24-20(2,3)4/h5-7,12,14H,8-11,13H2,1-4H3,(H,22,28)(H2,23,24,27,29). The lowest BCUT2D eigenvalue weighted by molar-refractivity contribution is -0.124. The van der Waals surface area contributed by atoms with Gasteiger partial charge in [0, 0.05) is 37.4 Å². The number of nitrogens with zero attached hydrogens (tertiary/aromatic N) is 2. The molecule has 1 heterocycles. The Bertz CT molecular complexity index is 742. The number of halogens is 1. The van der Waals surface area contributed by atoms with E-state index < -0.39 is 17.4 Å². The van der Waals surface area contributed by atoms with Crippen LogP contribution in [0.1, 0.15) is 27.7 Å². The van der Waals surface area contributed by atoms with E-state index in [1.165, 1.54) is 12.1 Å². The number of hydrogen-bond donors (Lipinski definition) is 3. The first-order chi connectivity index (χ1) is 13.5. The van der Waals surface area contributed by atoms with Gasteiger partial charge in [-0.1, -0.05) is 6.07 Å². The number of amides is 4. The molecule has 8 nitrogen and oxygen atoms in total. The molecule has 1 atom stereocenters. The second kappa shape index (κ2) is 9.80. The second-order valence-electron chi connectivity index (χ2n) is 8.24. The molecule has 0 aliphatic carbocycles. The molecule has 160 valence electrons. The van der Waals surface area contributed by atoms with Crippen LogP contribution < -0.4 is 16.0 Å². The molecule has 2 rings (SSSR count). The lowest BCUT2D eigenvalue weighted by atomic mass is 10.1. The summed E-state index contributed by atoms with van der Waals surface area (Å²) in [6.45, 7) is 9.85. The Labute approximate surface area is 170 Å². The van der Waals surface area contributed by atoms with Crippen LogP contribution in [0.4, 0.5) is 14.9 Å². The van der Waals surface area contributed by atoms with Crippen molar-refractivity contribution in [1.82, 2.24) is 20.4 Å². The predicted molar refractivity (Wildman–Crippen MR) is 109 cm³/mol. The predicted octanol–water partition coefficient (Wildman–Crippen LogP) is 1.39. The lowest BCUT2D eigenvalue weighted by Gasteiger charge is -2.37. The molecule has 0 radical (unpaired) electrons. The van der Waals surface area contributed by atoms with Crippen molar-refractivity contribution in [3.05, 3.63) is 30.1 Å². The molecule has 0 spiro atoms. The maximum atomic E-state index is 13.3. The Kier molecular flexibility index (Phi) is 7.69. The third kappa shape index (κ3) is 7.78. The summed E-state index contributed by atoms with van der Waals surface area (Å²) in [6, 6.07) is 4.88. The number of urea groups is 1. The Morgan fingerprint density at radius 3 is 2.38 bits per heavy atom. The molecule has 1 unspecified atom stereocenters. The van der Waals surface area contributed by atoms with Crippen molar-refractivity contribution in [1.29, 1.82) is 0 Å². The lowest BCUT2D eigenvalue weighted by Crippen LogP contribution is -2.55. The van der Waals surface area contributed by atoms with E-state index in [1.54, 1.807) is 19.1 Å². The molecule has 1 aromatic carbocycles. The fraction of sp³-hybridized carbons (Fsp3) is 0.550. The summed E-state index contributed by atoms with van der Waals surface area (Å²) in [5.74, 6) is -0.976. The molecule has 0 aromatic heterocycles. The zero-order chi connectivity index (χ0) is 21.6. The molecular weight excluding hydrogens is 377 g/mol. The summed E-state index contributed by atoms with van der Waals surface area (Å²) in [6.07, 6.45) is 0. The molecule has 1 aromatic rings. The van der Waals surface area contributed by atoms with Gasteiger partial charge in [0.1, 0.15) is 5.82 Å². The number of carbonyl (C=O) groups is 3. The van der Waals surface area contributed by atoms with Gasteiger partial charge in [-0.2, -0.15) is 0 Å². The molecule has 4 amide bonds. The van der Waals surface area contributed by atoms with Crippen LogP contribution >= 0.6 is 0 Å². The minimum atomic E-state index is -0.510. The maximum absolute atomic E-state index is 13.3. The van der Waals surface area contributed by atoms with E-state index in [1.807, 2.05) is 30.6 Å². The van der Waals surface area contributed by atoms with Gasteiger partial charge in [0.2, 0.25) is 11.8 Å². The van der Waals surface area contributed by atoms with Crippen molar-refractivity contribution in [2.75, 3.05) is 38.0 Å². The van der Waals surface area contributed by atoms with Crippen molar-refractivity contribution in [3.8, 4) is 0 Å². The van der Waals surface area contributed by atoms with E-state index in [9.17, 15) is 18.8 Å². The number of piperazine rings is 1. The smallest absolute Gasteiger partial charge is 0.321 e. The van der Waals surface area contributed by atoms with Gasteiger partial charge in [-0.25, -0.2) is 9.18 Å². The van der Waals surface area contributed by atoms with Gasteiger partial charge in [0.15, 0.2) is 0 Å². The zero-order valence-electron chi connectivity index (χ0n) is 17.4. The van der Waals surface area contributed by atoms with E-state index >= 15 is 0 Å². The van der Waals surface area contributed by atoms with Crippen LogP contribution in [0.5, 0.6) is 0 Å². The van der Waals surface area contributed by atoms with Gasteiger partial charge in [-0.05, 0) is 45.9 Å². The first-order valence-corrected chi connectivity index (χ1v) is 9.68. The Balaban J connectivity index is 1.75. The summed E-state index contributed by atoms with van der Waals surface area (Å²) in [4.78, 5) is 40.2. The van der Waals surface area contributed by atoms with Gasteiger partial charge in [0.05, 0.1) is 12.6 Å². The minimum Gasteiger partial charge on any atom is -0.333 e. The average molecular weight is 407 g/mol. The van der Waals surface area contributed by atoms with Gasteiger partial charge in [-0.15, -0.1) is 0 Å². The fourth-order valence-corrected chi connectivity index (χ4v) is 3.03. The first kappa shape index (κ1) is 22.8. The second-order valence-corrected chi connectivity index (χ2v) is 8.24. The van der Waals surface area contributed by atoms with Crippen LogP contribution in [0.25, 0.3) is 0 Å². The first-order valence-electron chi connectivity index (χ1n) is 9.68. The van der Waals surface area contributed by atoms with Crippen molar-refractivity contribution in [2.45, 2.75) is 39.3 Å². The maximum Gasteiger partial charge on any atom is 0.321 e. The normalized spacial score (nSPS) is 16.7. The van der Waals surface area contributed by atoms with Crippen LogP contribution in [-0.4, -0.2) is 71.9 Å². The number of anilines is 1. The number of rotatable bonds is 5. The summed E-state index contributed by atoms with van der Waals surface area (Å²) >= 11 is 0. The van der Waals surface area contributed by atoms with Crippen molar-refractivity contribution >= 4 is 23.5 Å². The SMILES string of the molecule is CC(C(=O)Nc1cccc(F)c1)N1CCN(CC(=O)NC(=O)NC(C)(C)C)CC1. The van der Waals surface area contributed by atoms with Crippen LogP contribution in [0.2, 0.25) is 0 Å². The van der Waals surface area contributed by atoms with Crippen molar-refractivity contribution in [3.63, 3.8) is 0 Å². The average Bonchev–Trinajstić information content (AvgIpc) is 2.59. The molecule has 9 heteroatoms. The molecule has 1 aliphatic heterocycles. The van der Waals surface area contributed by atoms with Crippen molar-refractivity contribution in [2.24, 2.45) is 0 Å². The highest BCUT2D eigenvalue weighted by Crippen LogP contribution is 2.12. The highest BCUT2D eigenvalue weighted by molar-refractivity contribution is 5.95. The molecule has 1 aliphatic rings. The zero-order valence-corrected chi connectivity index (χ0v) is 17.4. The van der Waals surface area contributed by atoms with Gasteiger partial charge in [0.25, 0.3) is 0 Å². The minimum absolute atomic E-state index is 0.120. The highest BCUT2D eigenvalue weighted by atomic mass is 19.1. The van der Waals surface area contributed by atoms with Crippen LogP contribution in [0, 0.1) is 5.82 Å². The Morgan fingerprint density at radius 1 is 1.14 bits per heavy atom. The molecule has 1 saturated heterocycles. The van der Waals surface area contributed by atoms with E-state index in [-0.39, 0.29) is 24.4 Å². The van der Waals surface area contributed by atoms with Gasteiger partial charge < -0.3 is 10.6 Å². The van der Waals surface area contributed by atoms with E-state index in [0.29, 0.717) is 31.9 Å². The third-order valence-corrected chi connectivity index (χ3v) is 4.53. The molecule has 0 saturated carbocycles. The number of benzene rings is 1. The number of hydrogen-bond acceptors (Lipinski definition) is 5. The van der Waals surface area contributed by atoms with Crippen LogP contribution in [0.15, 0.2) is 24.3 Å². The van der Waals surface area contributed by atoms with Crippen LogP contribution in [0.3, 0.4) is 0 Å². The summed E-state index contributed by atoms with van der Waals surface area (Å²) < 4.78 is 13.3. The number of imide groups is 1. The quantitative estimate of drug-likeness (QED) is 0.686. The Hall–Kier alpha value is -2.52. The molecule has 1 fully saturated rings. The third-order valence-electron chi connectivity index (χ3n) is 4.53. The van der Waals surface area contributed by atoms with Crippen molar-refractivity contribution < 1.29 is 18.8 Å². The van der Waals surface area contributed by atoms with E-state index in [0.717, 1.165) is 0 Å². The van der Waals surface area contributed by atoms with E-state index in [4.69, 9.17) is 0 Å². The number of carbonyl (C=O) groups excluding carboxylic acids is 3. The molecule has 29 heavy (non-hydrogen) atoms. The van der Waals surface area contributed by atoms with E-state index in [2.05, 4.69) is 16.0 Å². The molecule has 3 N–H and O–H groups in total. The van der Waals surface area contributed by atoms with Gasteiger partial charge >= 0.3 is 6.03 Å². The largest absolute Gasteiger partial charge is 0.333 e. The topological polar surface area (TPSA) is 93.8 Å². The summed E-state index contributed by atoms with van der Waals surface area (Å²) in [7, 11) is 0. The highest BCUT2D eigenvalue weighted by Gasteiger charge is 2.27. The monoisotopic (exact) mass is 407 g/mol.